The predicted octanol–water partition coefficient (Wildman–Crippen LogP) is 13.6. The molecule has 0 amide bonds. The number of allylic oxidation sites excluding steroid dienone is 3. The molecule has 0 radical (unpaired) electrons. The molecule has 0 spiro atoms. The average molecular weight is 717 g/mol. The molecule has 3 nitrogen and oxygen atoms in total. The van der Waals surface area contributed by atoms with Crippen molar-refractivity contribution in [2.24, 2.45) is 23.2 Å². The second-order valence-corrected chi connectivity index (χ2v) is 35.1. The number of hydrogen-bond donors (Lipinski definition) is 0. The molecule has 3 fully saturated rings. The van der Waals surface area contributed by atoms with E-state index < -0.39 is 25.0 Å². The van der Waals surface area contributed by atoms with Crippen LogP contribution in [0.3, 0.4) is 0 Å². The van der Waals surface area contributed by atoms with Crippen molar-refractivity contribution in [3.63, 3.8) is 0 Å². The summed E-state index contributed by atoms with van der Waals surface area (Å²) in [4.78, 5) is 0. The number of rotatable bonds is 12. The fourth-order valence-electron chi connectivity index (χ4n) is 8.91. The van der Waals surface area contributed by atoms with Crippen molar-refractivity contribution in [3.05, 3.63) is 35.5 Å². The second-order valence-electron chi connectivity index (χ2n) is 21.2. The Balaban J connectivity index is 1.81. The van der Waals surface area contributed by atoms with Crippen molar-refractivity contribution in [1.29, 1.82) is 0 Å². The van der Waals surface area contributed by atoms with Crippen LogP contribution in [0.15, 0.2) is 35.5 Å². The Kier molecular flexibility index (Phi) is 13.2. The Morgan fingerprint density at radius 3 is 2.02 bits per heavy atom. The van der Waals surface area contributed by atoms with Gasteiger partial charge in [-0.25, -0.2) is 0 Å². The molecule has 0 aromatic carbocycles. The molecule has 0 unspecified atom stereocenters. The van der Waals surface area contributed by atoms with E-state index in [4.69, 9.17) is 19.9 Å². The highest BCUT2D eigenvalue weighted by atomic mass is 28.4. The maximum atomic E-state index is 7.12. The second kappa shape index (κ2) is 15.0. The van der Waals surface area contributed by atoms with Crippen molar-refractivity contribution in [2.75, 3.05) is 0 Å². The first kappa shape index (κ1) is 42.2. The van der Waals surface area contributed by atoms with Crippen LogP contribution in [0.25, 0.3) is 0 Å². The molecular weight excluding hydrogens is 637 g/mol. The number of hydrogen-bond acceptors (Lipinski definition) is 3. The van der Waals surface area contributed by atoms with Crippen LogP contribution in [0.2, 0.25) is 55.9 Å². The van der Waals surface area contributed by atoms with E-state index >= 15 is 0 Å². The highest BCUT2D eigenvalue weighted by Crippen LogP contribution is 2.60. The van der Waals surface area contributed by atoms with E-state index in [1.807, 2.05) is 0 Å². The molecule has 0 aromatic heterocycles. The summed E-state index contributed by atoms with van der Waals surface area (Å²) in [5.74, 6) is 2.28. The topological polar surface area (TPSA) is 27.7 Å². The first-order chi connectivity index (χ1) is 21.6. The lowest BCUT2D eigenvalue weighted by Crippen LogP contribution is -2.49. The van der Waals surface area contributed by atoms with Gasteiger partial charge in [0.1, 0.15) is 0 Å². The van der Waals surface area contributed by atoms with Gasteiger partial charge in [-0.2, -0.15) is 0 Å². The summed E-state index contributed by atoms with van der Waals surface area (Å²) in [5, 5.41) is 0.344. The SMILES string of the molecule is C=C1/C(=C\C=C2/CCC[C@@]3(C)[C@@H]2CC[C@@H]3[C@H](C)CCCC(C)(C)O[Si](C)(C)C)C[C@@H](O[Si](C)(C)C(C)(C)C)C[C@@H]1O[Si](C)(C)C(C)(C)C. The van der Waals surface area contributed by atoms with Gasteiger partial charge in [-0.15, -0.1) is 0 Å². The normalized spacial score (nSPS) is 30.6. The quantitative estimate of drug-likeness (QED) is 0.188. The van der Waals surface area contributed by atoms with Gasteiger partial charge >= 0.3 is 0 Å². The molecular formula is C42H80O3Si3. The first-order valence-corrected chi connectivity index (χ1v) is 29.0. The molecule has 6 heteroatoms. The van der Waals surface area contributed by atoms with Gasteiger partial charge in [0.15, 0.2) is 25.0 Å². The lowest BCUT2D eigenvalue weighted by molar-refractivity contribution is 0.0735. The predicted molar refractivity (Wildman–Crippen MR) is 218 cm³/mol. The van der Waals surface area contributed by atoms with Crippen molar-refractivity contribution in [1.82, 2.24) is 0 Å². The lowest BCUT2D eigenvalue weighted by Gasteiger charge is -2.46. The molecule has 0 aromatic rings. The standard InChI is InChI=1S/C42H80O3Si3/c1-31(21-19-27-41(9,10)45-46(12,13)14)36-25-26-37-33(22-20-28-42(36,37)11)23-24-34-29-35(43-47(15,16)39(3,4)5)30-38(32(34)2)44-48(17,18)40(6,7)8/h23-24,31,35-38H,2,19-22,25-30H2,1,3-18H3/b33-23+,34-24-/t31-,35-,36-,37-,38+,42-/m1/s1. The summed E-state index contributed by atoms with van der Waals surface area (Å²) < 4.78 is 20.8. The molecule has 3 aliphatic carbocycles. The third kappa shape index (κ3) is 10.4. The van der Waals surface area contributed by atoms with Crippen LogP contribution in [-0.4, -0.2) is 42.8 Å². The van der Waals surface area contributed by atoms with E-state index in [1.54, 1.807) is 5.57 Å². The van der Waals surface area contributed by atoms with Crippen molar-refractivity contribution >= 4 is 25.0 Å². The maximum Gasteiger partial charge on any atom is 0.192 e. The van der Waals surface area contributed by atoms with Crippen molar-refractivity contribution < 1.29 is 13.3 Å². The van der Waals surface area contributed by atoms with Gasteiger partial charge in [-0.05, 0) is 149 Å². The van der Waals surface area contributed by atoms with E-state index in [2.05, 4.69) is 127 Å². The summed E-state index contributed by atoms with van der Waals surface area (Å²) >= 11 is 0. The van der Waals surface area contributed by atoms with Crippen LogP contribution in [0, 0.1) is 23.2 Å². The molecule has 48 heavy (non-hydrogen) atoms. The third-order valence-corrected chi connectivity index (χ3v) is 23.7. The monoisotopic (exact) mass is 717 g/mol. The third-order valence-electron chi connectivity index (χ3n) is 13.5. The van der Waals surface area contributed by atoms with Gasteiger partial charge in [0.25, 0.3) is 0 Å². The summed E-state index contributed by atoms with van der Waals surface area (Å²) in [7, 11) is -5.43. The summed E-state index contributed by atoms with van der Waals surface area (Å²) in [5.41, 5.74) is 4.66. The van der Waals surface area contributed by atoms with Crippen LogP contribution in [0.4, 0.5) is 0 Å². The Hall–Kier alpha value is -0.249. The minimum absolute atomic E-state index is 0.00680. The van der Waals surface area contributed by atoms with E-state index in [1.165, 1.54) is 56.1 Å². The Bertz CT molecular complexity index is 1180. The smallest absolute Gasteiger partial charge is 0.192 e. The minimum Gasteiger partial charge on any atom is -0.413 e. The van der Waals surface area contributed by atoms with Crippen LogP contribution in [0.1, 0.15) is 133 Å². The van der Waals surface area contributed by atoms with Gasteiger partial charge in [0.05, 0.1) is 17.8 Å². The zero-order chi connectivity index (χ0) is 36.7. The van der Waals surface area contributed by atoms with E-state index in [9.17, 15) is 0 Å². The molecule has 3 rings (SSSR count). The number of fused-ring (bicyclic) bond motifs is 1. The Labute approximate surface area is 302 Å². The Morgan fingerprint density at radius 2 is 1.46 bits per heavy atom. The zero-order valence-electron chi connectivity index (χ0n) is 35.0. The van der Waals surface area contributed by atoms with Crippen LogP contribution < -0.4 is 0 Å². The van der Waals surface area contributed by atoms with E-state index in [0.717, 1.165) is 31.1 Å². The highest BCUT2D eigenvalue weighted by molar-refractivity contribution is 6.74. The van der Waals surface area contributed by atoms with Crippen LogP contribution >= 0.6 is 0 Å². The first-order valence-electron chi connectivity index (χ1n) is 19.7. The molecule has 0 bridgehead atoms. The highest BCUT2D eigenvalue weighted by Gasteiger charge is 2.51. The minimum atomic E-state index is -1.97. The molecule has 3 aliphatic rings. The maximum absolute atomic E-state index is 7.12. The van der Waals surface area contributed by atoms with Gasteiger partial charge < -0.3 is 13.3 Å². The van der Waals surface area contributed by atoms with Gasteiger partial charge in [0.2, 0.25) is 0 Å². The van der Waals surface area contributed by atoms with Gasteiger partial charge in [-0.1, -0.05) is 92.5 Å². The van der Waals surface area contributed by atoms with Crippen molar-refractivity contribution in [2.45, 2.75) is 207 Å². The molecule has 278 valence electrons. The average Bonchev–Trinajstić information content (AvgIpc) is 3.24. The zero-order valence-corrected chi connectivity index (χ0v) is 38.0. The summed E-state index contributed by atoms with van der Waals surface area (Å²) in [6, 6.07) is 0. The molecule has 3 saturated carbocycles. The lowest BCUT2D eigenvalue weighted by atomic mass is 9.60. The van der Waals surface area contributed by atoms with Crippen LogP contribution in [-0.2, 0) is 13.3 Å². The largest absolute Gasteiger partial charge is 0.413 e. The van der Waals surface area contributed by atoms with E-state index in [0.29, 0.717) is 11.3 Å². The fraction of sp³-hybridized carbons (Fsp3) is 0.857. The van der Waals surface area contributed by atoms with Gasteiger partial charge in [0, 0.05) is 6.42 Å². The summed E-state index contributed by atoms with van der Waals surface area (Å²) in [6.45, 7) is 45.1. The molecule has 0 N–H and O–H groups in total. The molecule has 0 saturated heterocycles. The molecule has 6 atom stereocenters. The van der Waals surface area contributed by atoms with Crippen LogP contribution in [0.5, 0.6) is 0 Å². The fourth-order valence-corrected chi connectivity index (χ4v) is 13.3. The van der Waals surface area contributed by atoms with Gasteiger partial charge in [-0.3, -0.25) is 0 Å². The van der Waals surface area contributed by atoms with E-state index in [-0.39, 0.29) is 27.9 Å². The summed E-state index contributed by atoms with van der Waals surface area (Å²) in [6.07, 6.45) is 17.5. The van der Waals surface area contributed by atoms with Crippen molar-refractivity contribution in [3.8, 4) is 0 Å². The Morgan fingerprint density at radius 1 is 0.875 bits per heavy atom. The molecule has 0 aliphatic heterocycles. The molecule has 0 heterocycles.